The summed E-state index contributed by atoms with van der Waals surface area (Å²) < 4.78 is 13.3. The number of alkyl halides is 1. The van der Waals surface area contributed by atoms with Crippen LogP contribution in [0.1, 0.15) is 39.9 Å². The quantitative estimate of drug-likeness (QED) is 0.668. The van der Waals surface area contributed by atoms with Gasteiger partial charge < -0.3 is 0 Å². The summed E-state index contributed by atoms with van der Waals surface area (Å²) in [5.74, 6) is -0.181. The second kappa shape index (κ2) is 5.46. The van der Waals surface area contributed by atoms with Gasteiger partial charge >= 0.3 is 0 Å². The van der Waals surface area contributed by atoms with Gasteiger partial charge in [-0.2, -0.15) is 0 Å². The number of aryl methyl sites for hydroxylation is 2. The molecule has 0 nitrogen and oxygen atoms in total. The van der Waals surface area contributed by atoms with E-state index in [2.05, 4.69) is 34.1 Å². The highest BCUT2D eigenvalue weighted by Crippen LogP contribution is 2.33. The minimum absolute atomic E-state index is 0.0652. The second-order valence-corrected chi connectivity index (χ2v) is 6.07. The summed E-state index contributed by atoms with van der Waals surface area (Å²) in [6.07, 6.45) is 4.95. The van der Waals surface area contributed by atoms with Gasteiger partial charge in [0.1, 0.15) is 5.82 Å². The molecule has 98 valence electrons. The number of fused-ring (bicyclic) bond motifs is 1. The number of halogens is 2. The van der Waals surface area contributed by atoms with Crippen molar-refractivity contribution >= 4 is 15.9 Å². The van der Waals surface area contributed by atoms with Crippen molar-refractivity contribution in [2.45, 2.75) is 30.5 Å². The molecule has 3 rings (SSSR count). The van der Waals surface area contributed by atoms with Crippen LogP contribution in [0.3, 0.4) is 0 Å². The van der Waals surface area contributed by atoms with E-state index in [0.717, 1.165) is 5.56 Å². The molecule has 0 radical (unpaired) electrons. The van der Waals surface area contributed by atoms with Gasteiger partial charge in [0.05, 0.1) is 4.83 Å². The summed E-state index contributed by atoms with van der Waals surface area (Å²) in [6.45, 7) is 0. The first-order chi connectivity index (χ1) is 9.24. The Bertz CT molecular complexity index is 592. The highest BCUT2D eigenvalue weighted by Gasteiger charge is 2.15. The molecule has 1 unspecified atom stereocenters. The zero-order valence-corrected chi connectivity index (χ0v) is 12.3. The molecule has 0 saturated carbocycles. The lowest BCUT2D eigenvalue weighted by atomic mass is 9.89. The molecule has 19 heavy (non-hydrogen) atoms. The van der Waals surface area contributed by atoms with E-state index in [4.69, 9.17) is 0 Å². The van der Waals surface area contributed by atoms with E-state index < -0.39 is 0 Å². The average Bonchev–Trinajstić information content (AvgIpc) is 2.46. The fraction of sp³-hybridized carbons (Fsp3) is 0.294. The molecule has 1 aliphatic carbocycles. The fourth-order valence-corrected chi connectivity index (χ4v) is 3.34. The van der Waals surface area contributed by atoms with Gasteiger partial charge in [0.2, 0.25) is 0 Å². The molecule has 0 N–H and O–H groups in total. The molecule has 1 aliphatic rings. The molecule has 2 aromatic carbocycles. The van der Waals surface area contributed by atoms with Crippen molar-refractivity contribution in [3.8, 4) is 0 Å². The Hall–Kier alpha value is -1.15. The van der Waals surface area contributed by atoms with Gasteiger partial charge in [-0.1, -0.05) is 46.3 Å². The van der Waals surface area contributed by atoms with Gasteiger partial charge in [-0.15, -0.1) is 0 Å². The predicted molar refractivity (Wildman–Crippen MR) is 80.3 cm³/mol. The summed E-state index contributed by atoms with van der Waals surface area (Å²) in [5, 5.41) is 0. The third-order valence-electron chi connectivity index (χ3n) is 3.81. The van der Waals surface area contributed by atoms with E-state index in [1.165, 1.54) is 48.4 Å². The van der Waals surface area contributed by atoms with Crippen LogP contribution in [-0.2, 0) is 12.8 Å². The third kappa shape index (κ3) is 2.74. The monoisotopic (exact) mass is 318 g/mol. The second-order valence-electron chi connectivity index (χ2n) is 5.15. The fourth-order valence-electron chi connectivity index (χ4n) is 2.77. The third-order valence-corrected chi connectivity index (χ3v) is 4.86. The lowest BCUT2D eigenvalue weighted by molar-refractivity contribution is 0.626. The van der Waals surface area contributed by atoms with E-state index in [0.29, 0.717) is 0 Å². The molecular formula is C17H16BrF. The molecule has 0 heterocycles. The van der Waals surface area contributed by atoms with Crippen molar-refractivity contribution in [3.63, 3.8) is 0 Å². The van der Waals surface area contributed by atoms with E-state index >= 15 is 0 Å². The molecule has 0 aromatic heterocycles. The summed E-state index contributed by atoms with van der Waals surface area (Å²) in [6, 6.07) is 13.5. The van der Waals surface area contributed by atoms with E-state index in [1.807, 2.05) is 6.07 Å². The number of rotatable bonds is 2. The molecule has 0 amide bonds. The Labute approximate surface area is 121 Å². The lowest BCUT2D eigenvalue weighted by Crippen LogP contribution is -2.04. The van der Waals surface area contributed by atoms with Crippen LogP contribution in [0.25, 0.3) is 0 Å². The van der Waals surface area contributed by atoms with Gasteiger partial charge in [0.25, 0.3) is 0 Å². The minimum atomic E-state index is -0.181. The van der Waals surface area contributed by atoms with Gasteiger partial charge in [-0.3, -0.25) is 0 Å². The molecule has 2 heteroatoms. The Kier molecular flexibility index (Phi) is 3.69. The van der Waals surface area contributed by atoms with Gasteiger partial charge in [0.15, 0.2) is 0 Å². The lowest BCUT2D eigenvalue weighted by Gasteiger charge is -2.18. The SMILES string of the molecule is Fc1cccc(C(Br)c2ccc3c(c2)CCCC3)c1. The first-order valence-corrected chi connectivity index (χ1v) is 7.67. The van der Waals surface area contributed by atoms with E-state index in [1.54, 1.807) is 12.1 Å². The minimum Gasteiger partial charge on any atom is -0.207 e. The van der Waals surface area contributed by atoms with Crippen LogP contribution < -0.4 is 0 Å². The highest BCUT2D eigenvalue weighted by molar-refractivity contribution is 9.09. The average molecular weight is 319 g/mol. The first kappa shape index (κ1) is 12.9. The van der Waals surface area contributed by atoms with E-state index in [-0.39, 0.29) is 10.6 Å². The predicted octanol–water partition coefficient (Wildman–Crippen LogP) is 5.19. The molecule has 0 fully saturated rings. The zero-order valence-electron chi connectivity index (χ0n) is 10.7. The maximum Gasteiger partial charge on any atom is 0.123 e. The van der Waals surface area contributed by atoms with Crippen LogP contribution in [0, 0.1) is 5.82 Å². The van der Waals surface area contributed by atoms with Crippen molar-refractivity contribution in [2.24, 2.45) is 0 Å². The maximum absolute atomic E-state index is 13.3. The molecule has 0 spiro atoms. The summed E-state index contributed by atoms with van der Waals surface area (Å²) in [4.78, 5) is 0.0652. The Balaban J connectivity index is 1.93. The van der Waals surface area contributed by atoms with Crippen molar-refractivity contribution in [3.05, 3.63) is 70.5 Å². The number of hydrogen-bond acceptors (Lipinski definition) is 0. The van der Waals surface area contributed by atoms with Crippen LogP contribution in [0.5, 0.6) is 0 Å². The summed E-state index contributed by atoms with van der Waals surface area (Å²) in [7, 11) is 0. The van der Waals surface area contributed by atoms with Crippen LogP contribution in [0.15, 0.2) is 42.5 Å². The zero-order chi connectivity index (χ0) is 13.2. The van der Waals surface area contributed by atoms with Crippen LogP contribution in [0.4, 0.5) is 4.39 Å². The van der Waals surface area contributed by atoms with Gasteiger partial charge in [-0.25, -0.2) is 4.39 Å². The molecule has 0 bridgehead atoms. The molecular weight excluding hydrogens is 303 g/mol. The van der Waals surface area contributed by atoms with Gasteiger partial charge in [0, 0.05) is 0 Å². The smallest absolute Gasteiger partial charge is 0.123 e. The Morgan fingerprint density at radius 2 is 1.63 bits per heavy atom. The van der Waals surface area contributed by atoms with E-state index in [9.17, 15) is 4.39 Å². The van der Waals surface area contributed by atoms with Crippen molar-refractivity contribution in [1.29, 1.82) is 0 Å². The molecule has 1 atom stereocenters. The van der Waals surface area contributed by atoms with Crippen LogP contribution >= 0.6 is 15.9 Å². The number of benzene rings is 2. The number of hydrogen-bond donors (Lipinski definition) is 0. The summed E-state index contributed by atoms with van der Waals surface area (Å²) >= 11 is 3.69. The Morgan fingerprint density at radius 1 is 0.895 bits per heavy atom. The normalized spacial score (nSPS) is 15.9. The van der Waals surface area contributed by atoms with Crippen molar-refractivity contribution in [1.82, 2.24) is 0 Å². The molecule has 0 aliphatic heterocycles. The topological polar surface area (TPSA) is 0 Å². The summed E-state index contributed by atoms with van der Waals surface area (Å²) in [5.41, 5.74) is 5.13. The largest absolute Gasteiger partial charge is 0.207 e. The van der Waals surface area contributed by atoms with Crippen molar-refractivity contribution < 1.29 is 4.39 Å². The van der Waals surface area contributed by atoms with Crippen molar-refractivity contribution in [2.75, 3.05) is 0 Å². The standard InChI is InChI=1S/C17H16BrF/c18-17(14-6-3-7-16(19)11-14)15-9-8-12-4-1-2-5-13(12)10-15/h3,6-11,17H,1-2,4-5H2. The van der Waals surface area contributed by atoms with Crippen LogP contribution in [-0.4, -0.2) is 0 Å². The molecule has 2 aromatic rings. The molecule has 0 saturated heterocycles. The first-order valence-electron chi connectivity index (χ1n) is 6.75. The highest BCUT2D eigenvalue weighted by atomic mass is 79.9. The maximum atomic E-state index is 13.3. The van der Waals surface area contributed by atoms with Crippen LogP contribution in [0.2, 0.25) is 0 Å². The Morgan fingerprint density at radius 3 is 2.42 bits per heavy atom. The van der Waals surface area contributed by atoms with Gasteiger partial charge in [-0.05, 0) is 60.1 Å².